The van der Waals surface area contributed by atoms with Gasteiger partial charge in [0.1, 0.15) is 0 Å². The lowest BCUT2D eigenvalue weighted by Crippen LogP contribution is -2.22. The molecule has 0 N–H and O–H groups in total. The SMILES string of the molecule is O=S(=O)(OF)C(F)(F)F. The van der Waals surface area contributed by atoms with Crippen LogP contribution in [0.2, 0.25) is 0 Å². The van der Waals surface area contributed by atoms with Crippen LogP contribution >= 0.6 is 0 Å². The molecule has 56 valence electrons. The molecule has 0 fully saturated rings. The van der Waals surface area contributed by atoms with E-state index in [4.69, 9.17) is 0 Å². The number of hydrogen-bond acceptors (Lipinski definition) is 3. The smallest absolute Gasteiger partial charge is 0.187 e. The van der Waals surface area contributed by atoms with E-state index in [0.717, 1.165) is 0 Å². The van der Waals surface area contributed by atoms with E-state index in [2.05, 4.69) is 0 Å². The molecule has 0 rings (SSSR count). The molecule has 0 heterocycles. The van der Waals surface area contributed by atoms with E-state index >= 15 is 0 Å². The third-order valence-corrected chi connectivity index (χ3v) is 1.10. The first-order valence-electron chi connectivity index (χ1n) is 1.43. The van der Waals surface area contributed by atoms with Crippen LogP contribution in [0.5, 0.6) is 0 Å². The molecule has 0 aromatic heterocycles. The number of hydrogen-bond donors (Lipinski definition) is 0. The third kappa shape index (κ3) is 1.79. The normalized spacial score (nSPS) is 13.8. The van der Waals surface area contributed by atoms with Gasteiger partial charge in [-0.2, -0.15) is 21.6 Å². The van der Waals surface area contributed by atoms with Gasteiger partial charge in [-0.1, -0.05) is 4.39 Å². The van der Waals surface area contributed by atoms with Crippen molar-refractivity contribution in [2.45, 2.75) is 5.51 Å². The molecule has 0 unspecified atom stereocenters. The second kappa shape index (κ2) is 2.10. The van der Waals surface area contributed by atoms with Gasteiger partial charge in [-0.05, 0) is 4.53 Å². The van der Waals surface area contributed by atoms with Gasteiger partial charge in [0.2, 0.25) is 0 Å². The van der Waals surface area contributed by atoms with Crippen molar-refractivity contribution in [1.82, 2.24) is 0 Å². The van der Waals surface area contributed by atoms with Crippen molar-refractivity contribution in [2.24, 2.45) is 0 Å². The van der Waals surface area contributed by atoms with E-state index in [1.165, 1.54) is 0 Å². The Morgan fingerprint density at radius 2 is 1.56 bits per heavy atom. The van der Waals surface area contributed by atoms with Crippen LogP contribution in [0.1, 0.15) is 0 Å². The Morgan fingerprint density at radius 1 is 1.22 bits per heavy atom. The summed E-state index contributed by atoms with van der Waals surface area (Å²) in [6.07, 6.45) is 0. The van der Waals surface area contributed by atoms with Crippen molar-refractivity contribution in [3.05, 3.63) is 0 Å². The van der Waals surface area contributed by atoms with Gasteiger partial charge >= 0.3 is 15.6 Å². The third-order valence-electron chi connectivity index (χ3n) is 0.366. The summed E-state index contributed by atoms with van der Waals surface area (Å²) >= 11 is 0. The average Bonchev–Trinajstić information content (AvgIpc) is 1.64. The zero-order chi connectivity index (χ0) is 7.71. The van der Waals surface area contributed by atoms with Crippen molar-refractivity contribution < 1.29 is 30.5 Å². The first-order chi connectivity index (χ1) is 3.81. The van der Waals surface area contributed by atoms with E-state index in [1.54, 1.807) is 4.39 Å². The van der Waals surface area contributed by atoms with Crippen LogP contribution in [0.15, 0.2) is 0 Å². The molecule has 0 bridgehead atoms. The molecule has 0 saturated heterocycles. The van der Waals surface area contributed by atoms with Gasteiger partial charge in [-0.25, -0.2) is 0 Å². The molecule has 3 nitrogen and oxygen atoms in total. The standard InChI is InChI=1S/CF4O3S/c2-1(3,4)9(6,7)8-5. The molecule has 0 aromatic rings. The molecule has 0 aromatic carbocycles. The van der Waals surface area contributed by atoms with Crippen LogP contribution in [0.4, 0.5) is 17.7 Å². The fourth-order valence-corrected chi connectivity index (χ4v) is 0.107. The Balaban J connectivity index is 4.57. The quantitative estimate of drug-likeness (QED) is 0.428. The molecular weight excluding hydrogens is 168 g/mol. The summed E-state index contributed by atoms with van der Waals surface area (Å²) in [6, 6.07) is 0. The van der Waals surface area contributed by atoms with Gasteiger partial charge in [0.25, 0.3) is 0 Å². The second-order valence-corrected chi connectivity index (χ2v) is 2.46. The maximum absolute atomic E-state index is 10.9. The summed E-state index contributed by atoms with van der Waals surface area (Å²) < 4.78 is 63.3. The monoisotopic (exact) mass is 168 g/mol. The summed E-state index contributed by atoms with van der Waals surface area (Å²) in [6.45, 7) is 0. The lowest BCUT2D eigenvalue weighted by molar-refractivity contribution is -0.0849. The second-order valence-electron chi connectivity index (χ2n) is 0.963. The van der Waals surface area contributed by atoms with Crippen molar-refractivity contribution in [2.75, 3.05) is 0 Å². The Morgan fingerprint density at radius 3 is 1.56 bits per heavy atom. The van der Waals surface area contributed by atoms with Gasteiger partial charge in [0, 0.05) is 0 Å². The lowest BCUT2D eigenvalue weighted by atomic mass is 11.6. The lowest BCUT2D eigenvalue weighted by Gasteiger charge is -1.99. The van der Waals surface area contributed by atoms with Gasteiger partial charge in [0.05, 0.1) is 0 Å². The predicted octanol–water partition coefficient (Wildman–Crippen LogP) is 0.737. The topological polar surface area (TPSA) is 43.4 Å². The zero-order valence-electron chi connectivity index (χ0n) is 3.64. The minimum Gasteiger partial charge on any atom is -0.187 e. The Labute approximate surface area is 47.2 Å². The molecule has 0 atom stereocenters. The summed E-state index contributed by atoms with van der Waals surface area (Å²) in [5.41, 5.74) is -5.68. The molecule has 0 spiro atoms. The molecular formula is CF4O3S. The van der Waals surface area contributed by atoms with Crippen molar-refractivity contribution >= 4 is 10.1 Å². The van der Waals surface area contributed by atoms with E-state index in [0.29, 0.717) is 0 Å². The van der Waals surface area contributed by atoms with Crippen LogP contribution in [0, 0.1) is 0 Å². The fourth-order valence-electron chi connectivity index (χ4n) is 0.0357. The molecule has 0 aliphatic rings. The summed E-state index contributed by atoms with van der Waals surface area (Å²) in [5, 5.41) is 0. The summed E-state index contributed by atoms with van der Waals surface area (Å²) in [7, 11) is -6.00. The van der Waals surface area contributed by atoms with E-state index < -0.39 is 15.6 Å². The van der Waals surface area contributed by atoms with Gasteiger partial charge in [-0.15, -0.1) is 0 Å². The highest BCUT2D eigenvalue weighted by atomic mass is 32.2. The van der Waals surface area contributed by atoms with Gasteiger partial charge in [0.15, 0.2) is 0 Å². The molecule has 0 aliphatic heterocycles. The molecule has 0 radical (unpaired) electrons. The molecule has 0 aliphatic carbocycles. The highest BCUT2D eigenvalue weighted by Gasteiger charge is 2.48. The zero-order valence-corrected chi connectivity index (χ0v) is 4.46. The molecule has 8 heteroatoms. The van der Waals surface area contributed by atoms with Gasteiger partial charge < -0.3 is 0 Å². The Bertz CT molecular complexity index is 176. The highest BCUT2D eigenvalue weighted by molar-refractivity contribution is 7.87. The average molecular weight is 168 g/mol. The van der Waals surface area contributed by atoms with Crippen LogP contribution in [-0.4, -0.2) is 13.9 Å². The summed E-state index contributed by atoms with van der Waals surface area (Å²) in [5.74, 6) is 0. The van der Waals surface area contributed by atoms with Crippen molar-refractivity contribution in [3.63, 3.8) is 0 Å². The van der Waals surface area contributed by atoms with Crippen molar-refractivity contribution in [3.8, 4) is 0 Å². The van der Waals surface area contributed by atoms with Crippen LogP contribution in [0.25, 0.3) is 0 Å². The Hall–Kier alpha value is -0.370. The van der Waals surface area contributed by atoms with Crippen LogP contribution < -0.4 is 0 Å². The maximum atomic E-state index is 10.9. The maximum Gasteiger partial charge on any atom is 0.525 e. The van der Waals surface area contributed by atoms with Gasteiger partial charge in [-0.3, -0.25) is 0 Å². The minimum atomic E-state index is -6.00. The summed E-state index contributed by atoms with van der Waals surface area (Å²) in [4.78, 5) is 0. The number of rotatable bonds is 1. The predicted molar refractivity (Wildman–Crippen MR) is 17.2 cm³/mol. The largest absolute Gasteiger partial charge is 0.525 e. The van der Waals surface area contributed by atoms with Crippen LogP contribution in [-0.2, 0) is 14.5 Å². The van der Waals surface area contributed by atoms with E-state index in [1.807, 2.05) is 0 Å². The first-order valence-corrected chi connectivity index (χ1v) is 2.83. The van der Waals surface area contributed by atoms with Crippen LogP contribution in [0.3, 0.4) is 0 Å². The van der Waals surface area contributed by atoms with E-state index in [9.17, 15) is 26.1 Å². The minimum absolute atomic E-state index is 1.65. The van der Waals surface area contributed by atoms with E-state index in [-0.39, 0.29) is 0 Å². The Kier molecular flexibility index (Phi) is 2.02. The molecule has 0 saturated carbocycles. The molecule has 9 heavy (non-hydrogen) atoms. The highest BCUT2D eigenvalue weighted by Crippen LogP contribution is 2.24. The number of halogens is 4. The molecule has 0 amide bonds. The van der Waals surface area contributed by atoms with Crippen molar-refractivity contribution in [1.29, 1.82) is 0 Å². The number of alkyl halides is 3. The fraction of sp³-hybridized carbons (Fsp3) is 1.00. The first kappa shape index (κ1) is 8.63.